The summed E-state index contributed by atoms with van der Waals surface area (Å²) in [5.41, 5.74) is 1.30. The molecule has 1 fully saturated rings. The topological polar surface area (TPSA) is 67.8 Å². The molecular weight excluding hydrogens is 327 g/mol. The van der Waals surface area contributed by atoms with Crippen molar-refractivity contribution in [3.63, 3.8) is 0 Å². The van der Waals surface area contributed by atoms with Crippen LogP contribution in [-0.4, -0.2) is 25.1 Å². The quantitative estimate of drug-likeness (QED) is 0.615. The van der Waals surface area contributed by atoms with Crippen molar-refractivity contribution >= 4 is 19.8 Å². The molecule has 0 saturated carbocycles. The number of fused-ring (bicyclic) bond motifs is 1. The van der Waals surface area contributed by atoms with Gasteiger partial charge in [0, 0.05) is 22.1 Å². The molecule has 1 aromatic carbocycles. The molecule has 0 aromatic heterocycles. The summed E-state index contributed by atoms with van der Waals surface area (Å²) in [4.78, 5) is 24.1. The zero-order valence-electron chi connectivity index (χ0n) is 14.5. The van der Waals surface area contributed by atoms with Gasteiger partial charge in [-0.1, -0.05) is 20.8 Å². The van der Waals surface area contributed by atoms with E-state index in [9.17, 15) is 9.69 Å². The molecule has 1 atom stereocenters. The SMILES string of the molecule is CCC1(C)Oc2ccc(C=O)cc2/C1=C\[P+]1([O-])OCC(C)(C)CO1. The van der Waals surface area contributed by atoms with Crippen molar-refractivity contribution in [2.45, 2.75) is 39.7 Å². The number of carbonyl (C=O) groups excluding carboxylic acids is 1. The predicted octanol–water partition coefficient (Wildman–Crippen LogP) is 3.60. The largest absolute Gasteiger partial charge is 0.628 e. The number of hydrogen-bond acceptors (Lipinski definition) is 5. The van der Waals surface area contributed by atoms with Crippen LogP contribution < -0.4 is 9.63 Å². The fourth-order valence-electron chi connectivity index (χ4n) is 2.81. The van der Waals surface area contributed by atoms with Gasteiger partial charge in [0.1, 0.15) is 36.7 Å². The van der Waals surface area contributed by atoms with Crippen molar-refractivity contribution in [3.8, 4) is 5.75 Å². The molecule has 0 aliphatic carbocycles. The van der Waals surface area contributed by atoms with Crippen LogP contribution in [0.3, 0.4) is 0 Å². The van der Waals surface area contributed by atoms with E-state index in [4.69, 9.17) is 13.8 Å². The van der Waals surface area contributed by atoms with Gasteiger partial charge in [0.25, 0.3) is 7.94 Å². The minimum atomic E-state index is -3.35. The number of ether oxygens (including phenoxy) is 1. The molecule has 0 radical (unpaired) electrons. The molecule has 24 heavy (non-hydrogen) atoms. The van der Waals surface area contributed by atoms with E-state index in [1.807, 2.05) is 27.7 Å². The van der Waals surface area contributed by atoms with E-state index in [1.165, 1.54) is 0 Å². The van der Waals surface area contributed by atoms with Gasteiger partial charge in [0.15, 0.2) is 0 Å². The highest BCUT2D eigenvalue weighted by Gasteiger charge is 2.46. The molecule has 1 unspecified atom stereocenters. The Morgan fingerprint density at radius 2 is 1.92 bits per heavy atom. The summed E-state index contributed by atoms with van der Waals surface area (Å²) < 4.78 is 17.2. The Labute approximate surface area is 143 Å². The summed E-state index contributed by atoms with van der Waals surface area (Å²) in [6.07, 6.45) is 1.48. The molecule has 0 N–H and O–H groups in total. The molecule has 0 bridgehead atoms. The Hall–Kier alpha value is -1.26. The van der Waals surface area contributed by atoms with Crippen LogP contribution in [-0.2, 0) is 9.05 Å². The highest BCUT2D eigenvalue weighted by molar-refractivity contribution is 7.62. The normalized spacial score (nSPS) is 29.1. The van der Waals surface area contributed by atoms with Gasteiger partial charge < -0.3 is 9.63 Å². The van der Waals surface area contributed by atoms with Gasteiger partial charge >= 0.3 is 0 Å². The van der Waals surface area contributed by atoms with E-state index in [1.54, 1.807) is 24.0 Å². The van der Waals surface area contributed by atoms with Gasteiger partial charge in [-0.15, -0.1) is 0 Å². The third-order valence-electron chi connectivity index (χ3n) is 4.57. The monoisotopic (exact) mass is 350 g/mol. The van der Waals surface area contributed by atoms with Crippen LogP contribution in [0.2, 0.25) is 0 Å². The van der Waals surface area contributed by atoms with Crippen molar-refractivity contribution in [2.75, 3.05) is 13.2 Å². The van der Waals surface area contributed by atoms with E-state index < -0.39 is 13.5 Å². The summed E-state index contributed by atoms with van der Waals surface area (Å²) in [5.74, 6) is 2.26. The van der Waals surface area contributed by atoms with Gasteiger partial charge in [-0.2, -0.15) is 0 Å². The number of aldehydes is 1. The fraction of sp³-hybridized carbons (Fsp3) is 0.500. The molecule has 1 saturated heterocycles. The maximum Gasteiger partial charge on any atom is 0.264 e. The van der Waals surface area contributed by atoms with Crippen LogP contribution in [0.1, 0.15) is 50.0 Å². The maximum absolute atomic E-state index is 13.0. The third kappa shape index (κ3) is 3.14. The zero-order chi connectivity index (χ0) is 17.6. The molecular formula is C18H23O5P. The van der Waals surface area contributed by atoms with Crippen molar-refractivity contribution in [1.29, 1.82) is 0 Å². The molecule has 6 heteroatoms. The first kappa shape index (κ1) is 17.6. The minimum Gasteiger partial charge on any atom is -0.628 e. The third-order valence-corrected chi connectivity index (χ3v) is 6.12. The average Bonchev–Trinajstić information content (AvgIpc) is 2.83. The van der Waals surface area contributed by atoms with E-state index in [2.05, 4.69) is 0 Å². The van der Waals surface area contributed by atoms with Gasteiger partial charge in [0.2, 0.25) is 0 Å². The number of hydrogen-bond donors (Lipinski definition) is 0. The van der Waals surface area contributed by atoms with E-state index in [0.717, 1.165) is 17.4 Å². The van der Waals surface area contributed by atoms with Gasteiger partial charge in [-0.05, 0) is 31.5 Å². The first-order chi connectivity index (χ1) is 11.2. The summed E-state index contributed by atoms with van der Waals surface area (Å²) in [5, 5.41) is 0. The molecule has 5 nitrogen and oxygen atoms in total. The minimum absolute atomic E-state index is 0.157. The summed E-state index contributed by atoms with van der Waals surface area (Å²) >= 11 is 0. The Morgan fingerprint density at radius 3 is 2.50 bits per heavy atom. The van der Waals surface area contributed by atoms with Crippen molar-refractivity contribution < 1.29 is 23.5 Å². The first-order valence-electron chi connectivity index (χ1n) is 8.11. The van der Waals surface area contributed by atoms with Crippen molar-refractivity contribution in [3.05, 3.63) is 35.1 Å². The lowest BCUT2D eigenvalue weighted by Crippen LogP contribution is -2.35. The lowest BCUT2D eigenvalue weighted by Gasteiger charge is -2.37. The van der Waals surface area contributed by atoms with Crippen molar-refractivity contribution in [2.24, 2.45) is 5.41 Å². The van der Waals surface area contributed by atoms with Crippen molar-refractivity contribution in [1.82, 2.24) is 0 Å². The summed E-state index contributed by atoms with van der Waals surface area (Å²) in [6, 6.07) is 5.24. The smallest absolute Gasteiger partial charge is 0.264 e. The Morgan fingerprint density at radius 1 is 1.25 bits per heavy atom. The van der Waals surface area contributed by atoms with E-state index >= 15 is 0 Å². The second-order valence-corrected chi connectivity index (χ2v) is 9.21. The first-order valence-corrected chi connectivity index (χ1v) is 9.72. The number of rotatable bonds is 3. The van der Waals surface area contributed by atoms with Gasteiger partial charge in [-0.3, -0.25) is 4.79 Å². The average molecular weight is 350 g/mol. The molecule has 2 aliphatic rings. The Balaban J connectivity index is 2.03. The van der Waals surface area contributed by atoms with Crippen LogP contribution in [0.25, 0.3) is 5.57 Å². The zero-order valence-corrected chi connectivity index (χ0v) is 15.4. The molecule has 0 spiro atoms. The Kier molecular flexibility index (Phi) is 4.33. The molecule has 2 heterocycles. The predicted molar refractivity (Wildman–Crippen MR) is 91.7 cm³/mol. The standard InChI is InChI=1S/C18H23O5P/c1-5-18(4)15(10-24(20)21-11-17(2,3)12-22-24)14-8-13(9-19)6-7-16(14)23-18/h6-10H,5,11-12H2,1-4H3/b15-10+. The van der Waals surface area contributed by atoms with Crippen LogP contribution in [0.5, 0.6) is 5.75 Å². The second kappa shape index (κ2) is 5.92. The molecule has 1 aromatic rings. The van der Waals surface area contributed by atoms with Crippen LogP contribution in [0.15, 0.2) is 24.0 Å². The molecule has 2 aliphatic heterocycles. The van der Waals surface area contributed by atoms with E-state index in [-0.39, 0.29) is 5.41 Å². The number of benzene rings is 1. The molecule has 130 valence electrons. The lowest BCUT2D eigenvalue weighted by molar-refractivity contribution is -0.228. The highest BCUT2D eigenvalue weighted by atomic mass is 31.2. The van der Waals surface area contributed by atoms with Gasteiger partial charge in [0.05, 0.1) is 0 Å². The van der Waals surface area contributed by atoms with Crippen LogP contribution in [0, 0.1) is 5.41 Å². The van der Waals surface area contributed by atoms with Gasteiger partial charge in [-0.25, -0.2) is 9.05 Å². The fourth-order valence-corrected chi connectivity index (χ4v) is 4.82. The van der Waals surface area contributed by atoms with E-state index in [0.29, 0.717) is 30.9 Å². The number of carbonyl (C=O) groups is 1. The van der Waals surface area contributed by atoms with Crippen LogP contribution in [0.4, 0.5) is 0 Å². The second-order valence-electron chi connectivity index (χ2n) is 7.35. The highest BCUT2D eigenvalue weighted by Crippen LogP contribution is 2.62. The Bertz CT molecular complexity index is 687. The lowest BCUT2D eigenvalue weighted by atomic mass is 9.91. The summed E-state index contributed by atoms with van der Waals surface area (Å²) in [6.45, 7) is 8.70. The molecule has 0 amide bonds. The summed E-state index contributed by atoms with van der Waals surface area (Å²) in [7, 11) is -3.35. The maximum atomic E-state index is 13.0. The molecule has 3 rings (SSSR count). The van der Waals surface area contributed by atoms with Crippen LogP contribution >= 0.6 is 7.94 Å².